The highest BCUT2D eigenvalue weighted by atomic mass is 16.5. The van der Waals surface area contributed by atoms with Crippen molar-refractivity contribution in [1.29, 1.82) is 0 Å². The summed E-state index contributed by atoms with van der Waals surface area (Å²) in [5.74, 6) is 2.64. The van der Waals surface area contributed by atoms with Crippen molar-refractivity contribution in [2.75, 3.05) is 27.1 Å². The van der Waals surface area contributed by atoms with Gasteiger partial charge in [0.2, 0.25) is 5.75 Å². The van der Waals surface area contributed by atoms with Gasteiger partial charge >= 0.3 is 0 Å². The SMILES string of the molecule is COc1cc(OCc2cccc(N)n2)cc(OC)c1OC. The Morgan fingerprint density at radius 1 is 1.00 bits per heavy atom. The third-order valence-corrected chi connectivity index (χ3v) is 2.85. The summed E-state index contributed by atoms with van der Waals surface area (Å²) in [5, 5.41) is 0. The highest BCUT2D eigenvalue weighted by molar-refractivity contribution is 5.55. The van der Waals surface area contributed by atoms with Crippen molar-refractivity contribution in [3.05, 3.63) is 36.0 Å². The molecule has 0 aliphatic rings. The molecule has 2 aromatic rings. The van der Waals surface area contributed by atoms with Gasteiger partial charge in [0.15, 0.2) is 11.5 Å². The van der Waals surface area contributed by atoms with E-state index in [9.17, 15) is 0 Å². The molecule has 0 saturated heterocycles. The van der Waals surface area contributed by atoms with Crippen LogP contribution in [0.3, 0.4) is 0 Å². The van der Waals surface area contributed by atoms with Crippen molar-refractivity contribution in [1.82, 2.24) is 4.98 Å². The van der Waals surface area contributed by atoms with Gasteiger partial charge in [-0.3, -0.25) is 0 Å². The number of hydrogen-bond donors (Lipinski definition) is 1. The van der Waals surface area contributed by atoms with E-state index in [1.807, 2.05) is 12.1 Å². The lowest BCUT2D eigenvalue weighted by Gasteiger charge is -2.14. The van der Waals surface area contributed by atoms with E-state index in [4.69, 9.17) is 24.7 Å². The predicted octanol–water partition coefficient (Wildman–Crippen LogP) is 2.27. The minimum absolute atomic E-state index is 0.295. The third-order valence-electron chi connectivity index (χ3n) is 2.85. The number of nitrogen functional groups attached to an aromatic ring is 1. The molecule has 0 fully saturated rings. The molecule has 1 aromatic carbocycles. The summed E-state index contributed by atoms with van der Waals surface area (Å²) in [6, 6.07) is 8.86. The van der Waals surface area contributed by atoms with Crippen LogP contribution in [0.15, 0.2) is 30.3 Å². The van der Waals surface area contributed by atoms with Crippen molar-refractivity contribution in [3.8, 4) is 23.0 Å². The molecule has 1 aromatic heterocycles. The fourth-order valence-electron chi connectivity index (χ4n) is 1.88. The van der Waals surface area contributed by atoms with Gasteiger partial charge in [-0.2, -0.15) is 0 Å². The Hall–Kier alpha value is -2.63. The Labute approximate surface area is 123 Å². The number of ether oxygens (including phenoxy) is 4. The monoisotopic (exact) mass is 290 g/mol. The fourth-order valence-corrected chi connectivity index (χ4v) is 1.88. The van der Waals surface area contributed by atoms with Crippen LogP contribution in [0.25, 0.3) is 0 Å². The zero-order valence-corrected chi connectivity index (χ0v) is 12.3. The fraction of sp³-hybridized carbons (Fsp3) is 0.267. The van der Waals surface area contributed by atoms with Crippen LogP contribution >= 0.6 is 0 Å². The third kappa shape index (κ3) is 3.47. The average molecular weight is 290 g/mol. The van der Waals surface area contributed by atoms with Crippen molar-refractivity contribution < 1.29 is 18.9 Å². The maximum absolute atomic E-state index is 5.70. The van der Waals surface area contributed by atoms with E-state index >= 15 is 0 Å². The number of rotatable bonds is 6. The molecular weight excluding hydrogens is 272 g/mol. The highest BCUT2D eigenvalue weighted by Crippen LogP contribution is 2.40. The van der Waals surface area contributed by atoms with Gasteiger partial charge in [0.25, 0.3) is 0 Å². The quantitative estimate of drug-likeness (QED) is 0.879. The average Bonchev–Trinajstić information content (AvgIpc) is 2.51. The Morgan fingerprint density at radius 3 is 2.19 bits per heavy atom. The number of anilines is 1. The van der Waals surface area contributed by atoms with Crippen molar-refractivity contribution in [3.63, 3.8) is 0 Å². The van der Waals surface area contributed by atoms with Gasteiger partial charge in [0.05, 0.1) is 27.0 Å². The molecule has 0 saturated carbocycles. The van der Waals surface area contributed by atoms with Crippen LogP contribution in [-0.2, 0) is 6.61 Å². The van der Waals surface area contributed by atoms with Crippen molar-refractivity contribution in [2.24, 2.45) is 0 Å². The summed E-state index contributed by atoms with van der Waals surface area (Å²) in [7, 11) is 4.67. The van der Waals surface area contributed by atoms with Gasteiger partial charge in [0.1, 0.15) is 18.2 Å². The van der Waals surface area contributed by atoms with Gasteiger partial charge in [-0.15, -0.1) is 0 Å². The van der Waals surface area contributed by atoms with Crippen molar-refractivity contribution >= 4 is 5.82 Å². The number of methoxy groups -OCH3 is 3. The van der Waals surface area contributed by atoms with Crippen LogP contribution in [0.1, 0.15) is 5.69 Å². The maximum atomic E-state index is 5.70. The molecule has 21 heavy (non-hydrogen) atoms. The molecule has 0 spiro atoms. The minimum atomic E-state index is 0.295. The van der Waals surface area contributed by atoms with Gasteiger partial charge in [0, 0.05) is 12.1 Å². The molecule has 0 amide bonds. The number of nitrogens with zero attached hydrogens (tertiary/aromatic N) is 1. The van der Waals surface area contributed by atoms with Gasteiger partial charge < -0.3 is 24.7 Å². The summed E-state index contributed by atoms with van der Waals surface area (Å²) < 4.78 is 21.5. The van der Waals surface area contributed by atoms with Crippen LogP contribution in [0, 0.1) is 0 Å². The second kappa shape index (κ2) is 6.69. The number of benzene rings is 1. The molecule has 0 atom stereocenters. The summed E-state index contributed by atoms with van der Waals surface area (Å²) in [6.45, 7) is 0.295. The lowest BCUT2D eigenvalue weighted by molar-refractivity contribution is 0.288. The second-order valence-corrected chi connectivity index (χ2v) is 4.20. The van der Waals surface area contributed by atoms with E-state index < -0.39 is 0 Å². The van der Waals surface area contributed by atoms with E-state index in [1.165, 1.54) is 0 Å². The molecule has 112 valence electrons. The topological polar surface area (TPSA) is 75.8 Å². The summed E-state index contributed by atoms with van der Waals surface area (Å²) >= 11 is 0. The molecule has 6 nitrogen and oxygen atoms in total. The first-order chi connectivity index (χ1) is 10.2. The van der Waals surface area contributed by atoms with Gasteiger partial charge in [-0.1, -0.05) is 6.07 Å². The summed E-state index contributed by atoms with van der Waals surface area (Å²) in [5.41, 5.74) is 6.37. The summed E-state index contributed by atoms with van der Waals surface area (Å²) in [6.07, 6.45) is 0. The molecular formula is C15H18N2O4. The van der Waals surface area contributed by atoms with Gasteiger partial charge in [-0.25, -0.2) is 4.98 Å². The molecule has 0 radical (unpaired) electrons. The molecule has 1 heterocycles. The van der Waals surface area contributed by atoms with E-state index in [2.05, 4.69) is 4.98 Å². The number of nitrogens with two attached hydrogens (primary N) is 1. The first-order valence-electron chi connectivity index (χ1n) is 6.32. The Kier molecular flexibility index (Phi) is 4.71. The zero-order valence-electron chi connectivity index (χ0n) is 12.3. The summed E-state index contributed by atoms with van der Waals surface area (Å²) in [4.78, 5) is 4.17. The lowest BCUT2D eigenvalue weighted by atomic mass is 10.2. The first-order valence-corrected chi connectivity index (χ1v) is 6.32. The molecule has 0 aliphatic heterocycles. The first kappa shape index (κ1) is 14.8. The van der Waals surface area contributed by atoms with Crippen LogP contribution < -0.4 is 24.7 Å². The van der Waals surface area contributed by atoms with Crippen LogP contribution in [0.2, 0.25) is 0 Å². The number of aromatic nitrogens is 1. The lowest BCUT2D eigenvalue weighted by Crippen LogP contribution is -2.01. The molecule has 0 unspecified atom stereocenters. The van der Waals surface area contributed by atoms with E-state index in [0.29, 0.717) is 35.4 Å². The van der Waals surface area contributed by atoms with E-state index in [1.54, 1.807) is 39.5 Å². The van der Waals surface area contributed by atoms with Crippen LogP contribution in [-0.4, -0.2) is 26.3 Å². The minimum Gasteiger partial charge on any atom is -0.493 e. The Balaban J connectivity index is 2.20. The molecule has 2 N–H and O–H groups in total. The normalized spacial score (nSPS) is 10.0. The predicted molar refractivity (Wildman–Crippen MR) is 79.1 cm³/mol. The zero-order chi connectivity index (χ0) is 15.2. The standard InChI is InChI=1S/C15H18N2O4/c1-18-12-7-11(8-13(19-2)15(12)20-3)21-9-10-5-4-6-14(16)17-10/h4-8H,9H2,1-3H3,(H2,16,17). The smallest absolute Gasteiger partial charge is 0.203 e. The number of hydrogen-bond acceptors (Lipinski definition) is 6. The van der Waals surface area contributed by atoms with E-state index in [-0.39, 0.29) is 0 Å². The molecule has 6 heteroatoms. The molecule has 2 rings (SSSR count). The second-order valence-electron chi connectivity index (χ2n) is 4.20. The Bertz CT molecular complexity index is 591. The molecule has 0 aliphatic carbocycles. The van der Waals surface area contributed by atoms with E-state index in [0.717, 1.165) is 5.69 Å². The van der Waals surface area contributed by atoms with Gasteiger partial charge in [-0.05, 0) is 12.1 Å². The van der Waals surface area contributed by atoms with Crippen LogP contribution in [0.4, 0.5) is 5.82 Å². The largest absolute Gasteiger partial charge is 0.493 e. The molecule has 0 bridgehead atoms. The maximum Gasteiger partial charge on any atom is 0.203 e. The highest BCUT2D eigenvalue weighted by Gasteiger charge is 2.14. The Morgan fingerprint density at radius 2 is 1.67 bits per heavy atom. The number of pyridine rings is 1. The van der Waals surface area contributed by atoms with Crippen molar-refractivity contribution in [2.45, 2.75) is 6.61 Å². The van der Waals surface area contributed by atoms with Crippen LogP contribution in [0.5, 0.6) is 23.0 Å².